The van der Waals surface area contributed by atoms with E-state index in [4.69, 9.17) is 0 Å². The van der Waals surface area contributed by atoms with E-state index in [2.05, 4.69) is 44.5 Å². The third-order valence-corrected chi connectivity index (χ3v) is 5.40. The minimum Gasteiger partial charge on any atom is -0.309 e. The van der Waals surface area contributed by atoms with Crippen molar-refractivity contribution in [2.45, 2.75) is 53.0 Å². The van der Waals surface area contributed by atoms with E-state index in [0.717, 1.165) is 24.3 Å². The van der Waals surface area contributed by atoms with E-state index in [9.17, 15) is 0 Å². The van der Waals surface area contributed by atoms with Gasteiger partial charge in [-0.25, -0.2) is 0 Å². The Balaban J connectivity index is 2.17. The van der Waals surface area contributed by atoms with Gasteiger partial charge in [-0.2, -0.15) is 0 Å². The summed E-state index contributed by atoms with van der Waals surface area (Å²) >= 11 is 1.93. The summed E-state index contributed by atoms with van der Waals surface area (Å²) < 4.78 is 0. The number of rotatable bonds is 4. The first kappa shape index (κ1) is 14.1. The van der Waals surface area contributed by atoms with Gasteiger partial charge in [-0.05, 0) is 67.5 Å². The molecule has 0 spiro atoms. The molecule has 18 heavy (non-hydrogen) atoms. The first-order valence-electron chi connectivity index (χ1n) is 7.39. The molecule has 0 bridgehead atoms. The van der Waals surface area contributed by atoms with E-state index in [-0.39, 0.29) is 0 Å². The van der Waals surface area contributed by atoms with E-state index < -0.39 is 0 Å². The SMILES string of the molecule is CCNC(c1sccc1C)C1CC(C)CC(C)C1. The molecule has 1 nitrogen and oxygen atoms in total. The molecule has 3 atom stereocenters. The zero-order valence-corrected chi connectivity index (χ0v) is 13.0. The van der Waals surface area contributed by atoms with Gasteiger partial charge in [0.1, 0.15) is 0 Å². The van der Waals surface area contributed by atoms with Crippen molar-refractivity contribution < 1.29 is 0 Å². The van der Waals surface area contributed by atoms with Crippen molar-refractivity contribution in [3.8, 4) is 0 Å². The van der Waals surface area contributed by atoms with Crippen LogP contribution < -0.4 is 5.32 Å². The summed E-state index contributed by atoms with van der Waals surface area (Å²) in [6, 6.07) is 2.85. The summed E-state index contributed by atoms with van der Waals surface area (Å²) in [6.45, 7) is 10.4. The van der Waals surface area contributed by atoms with Gasteiger partial charge in [-0.3, -0.25) is 0 Å². The van der Waals surface area contributed by atoms with Gasteiger partial charge in [-0.15, -0.1) is 11.3 Å². The third kappa shape index (κ3) is 3.16. The lowest BCUT2D eigenvalue weighted by Crippen LogP contribution is -2.33. The van der Waals surface area contributed by atoms with Crippen molar-refractivity contribution in [2.75, 3.05) is 6.54 Å². The Labute approximate surface area is 116 Å². The van der Waals surface area contributed by atoms with E-state index in [0.29, 0.717) is 6.04 Å². The molecule has 0 amide bonds. The normalized spacial score (nSPS) is 30.3. The molecular formula is C16H27NS. The average Bonchev–Trinajstić information content (AvgIpc) is 2.71. The molecular weight excluding hydrogens is 238 g/mol. The molecule has 1 heterocycles. The fourth-order valence-electron chi connectivity index (χ4n) is 3.68. The molecule has 3 unspecified atom stereocenters. The smallest absolute Gasteiger partial charge is 0.0446 e. The van der Waals surface area contributed by atoms with Gasteiger partial charge in [0, 0.05) is 10.9 Å². The third-order valence-electron chi connectivity index (χ3n) is 4.29. The highest BCUT2D eigenvalue weighted by Crippen LogP contribution is 2.41. The lowest BCUT2D eigenvalue weighted by molar-refractivity contribution is 0.178. The maximum absolute atomic E-state index is 3.75. The molecule has 0 aromatic carbocycles. The van der Waals surface area contributed by atoms with Gasteiger partial charge in [-0.1, -0.05) is 20.8 Å². The first-order valence-corrected chi connectivity index (χ1v) is 8.27. The van der Waals surface area contributed by atoms with Gasteiger partial charge >= 0.3 is 0 Å². The second-order valence-electron chi connectivity index (χ2n) is 6.18. The van der Waals surface area contributed by atoms with Crippen molar-refractivity contribution in [2.24, 2.45) is 17.8 Å². The number of nitrogens with one attached hydrogen (secondary N) is 1. The fraction of sp³-hybridized carbons (Fsp3) is 0.750. The Morgan fingerprint density at radius 3 is 2.44 bits per heavy atom. The van der Waals surface area contributed by atoms with Gasteiger partial charge in [0.2, 0.25) is 0 Å². The van der Waals surface area contributed by atoms with Gasteiger partial charge in [0.15, 0.2) is 0 Å². The molecule has 1 N–H and O–H groups in total. The Kier molecular flexibility index (Phi) is 4.85. The van der Waals surface area contributed by atoms with Crippen LogP contribution >= 0.6 is 11.3 Å². The quantitative estimate of drug-likeness (QED) is 0.826. The van der Waals surface area contributed by atoms with Crippen molar-refractivity contribution in [1.29, 1.82) is 0 Å². The largest absolute Gasteiger partial charge is 0.309 e. The van der Waals surface area contributed by atoms with Crippen molar-refractivity contribution in [3.05, 3.63) is 21.9 Å². The summed E-state index contributed by atoms with van der Waals surface area (Å²) in [5, 5.41) is 5.99. The zero-order chi connectivity index (χ0) is 13.1. The fourth-order valence-corrected chi connectivity index (χ4v) is 4.77. The second-order valence-corrected chi connectivity index (χ2v) is 7.13. The summed E-state index contributed by atoms with van der Waals surface area (Å²) in [7, 11) is 0. The molecule has 0 radical (unpaired) electrons. The Morgan fingerprint density at radius 1 is 1.28 bits per heavy atom. The van der Waals surface area contributed by atoms with Crippen LogP contribution in [-0.4, -0.2) is 6.54 Å². The Morgan fingerprint density at radius 2 is 1.94 bits per heavy atom. The topological polar surface area (TPSA) is 12.0 Å². The van der Waals surface area contributed by atoms with Crippen LogP contribution in [0, 0.1) is 24.7 Å². The van der Waals surface area contributed by atoms with E-state index in [1.165, 1.54) is 24.8 Å². The first-order chi connectivity index (χ1) is 8.61. The molecule has 1 aromatic heterocycles. The highest BCUT2D eigenvalue weighted by atomic mass is 32.1. The molecule has 1 aliphatic rings. The van der Waals surface area contributed by atoms with Gasteiger partial charge in [0.25, 0.3) is 0 Å². The van der Waals surface area contributed by atoms with Crippen molar-refractivity contribution in [3.63, 3.8) is 0 Å². The van der Waals surface area contributed by atoms with Crippen LogP contribution in [0.1, 0.15) is 56.5 Å². The predicted octanol–water partition coefficient (Wildman–Crippen LogP) is 4.78. The molecule has 0 saturated heterocycles. The van der Waals surface area contributed by atoms with Crippen LogP contribution in [0.2, 0.25) is 0 Å². The van der Waals surface area contributed by atoms with Crippen LogP contribution in [0.3, 0.4) is 0 Å². The molecule has 2 heteroatoms. The molecule has 1 aliphatic carbocycles. The van der Waals surface area contributed by atoms with Crippen LogP contribution in [0.25, 0.3) is 0 Å². The number of aryl methyl sites for hydroxylation is 1. The predicted molar refractivity (Wildman–Crippen MR) is 81.1 cm³/mol. The van der Waals surface area contributed by atoms with Gasteiger partial charge in [0.05, 0.1) is 0 Å². The lowest BCUT2D eigenvalue weighted by Gasteiger charge is -2.37. The van der Waals surface area contributed by atoms with Crippen LogP contribution in [0.4, 0.5) is 0 Å². The van der Waals surface area contributed by atoms with Gasteiger partial charge < -0.3 is 5.32 Å². The molecule has 1 aromatic rings. The van der Waals surface area contributed by atoms with Crippen LogP contribution in [-0.2, 0) is 0 Å². The van der Waals surface area contributed by atoms with E-state index in [1.54, 1.807) is 4.88 Å². The maximum Gasteiger partial charge on any atom is 0.0446 e. The van der Waals surface area contributed by atoms with Crippen molar-refractivity contribution in [1.82, 2.24) is 5.32 Å². The minimum absolute atomic E-state index is 0.584. The maximum atomic E-state index is 3.75. The monoisotopic (exact) mass is 265 g/mol. The van der Waals surface area contributed by atoms with Crippen LogP contribution in [0.15, 0.2) is 11.4 Å². The average molecular weight is 265 g/mol. The highest BCUT2D eigenvalue weighted by Gasteiger charge is 2.31. The summed E-state index contributed by atoms with van der Waals surface area (Å²) in [6.07, 6.45) is 4.19. The van der Waals surface area contributed by atoms with Crippen molar-refractivity contribution >= 4 is 11.3 Å². The Bertz CT molecular complexity index is 361. The lowest BCUT2D eigenvalue weighted by atomic mass is 9.73. The molecule has 102 valence electrons. The number of hydrogen-bond acceptors (Lipinski definition) is 2. The summed E-state index contributed by atoms with van der Waals surface area (Å²) in [5.41, 5.74) is 1.47. The standard InChI is InChI=1S/C16H27NS/c1-5-17-15(16-13(4)6-7-18-16)14-9-11(2)8-12(3)10-14/h6-7,11-12,14-15,17H,5,8-10H2,1-4H3. The molecule has 1 fully saturated rings. The number of thiophene rings is 1. The minimum atomic E-state index is 0.584. The molecule has 2 rings (SSSR count). The summed E-state index contributed by atoms with van der Waals surface area (Å²) in [5.74, 6) is 2.60. The van der Waals surface area contributed by atoms with E-state index >= 15 is 0 Å². The van der Waals surface area contributed by atoms with E-state index in [1.807, 2.05) is 11.3 Å². The summed E-state index contributed by atoms with van der Waals surface area (Å²) in [4.78, 5) is 1.57. The molecule has 0 aliphatic heterocycles. The Hall–Kier alpha value is -0.340. The number of hydrogen-bond donors (Lipinski definition) is 1. The zero-order valence-electron chi connectivity index (χ0n) is 12.2. The second kappa shape index (κ2) is 6.21. The highest BCUT2D eigenvalue weighted by molar-refractivity contribution is 7.10. The van der Waals surface area contributed by atoms with Crippen LogP contribution in [0.5, 0.6) is 0 Å². The molecule has 1 saturated carbocycles.